The van der Waals surface area contributed by atoms with Gasteiger partial charge in [0.1, 0.15) is 5.75 Å². The van der Waals surface area contributed by atoms with Crippen molar-refractivity contribution >= 4 is 5.97 Å². The molecule has 0 aliphatic rings. The third kappa shape index (κ3) is 4.83. The highest BCUT2D eigenvalue weighted by molar-refractivity contribution is 5.81. The van der Waals surface area contributed by atoms with E-state index in [0.29, 0.717) is 25.1 Å². The summed E-state index contributed by atoms with van der Waals surface area (Å²) in [6, 6.07) is 17.5. The van der Waals surface area contributed by atoms with Crippen molar-refractivity contribution in [3.8, 4) is 5.75 Å². The number of carbonyl (C=O) groups is 1. The number of ether oxygens (including phenoxy) is 1. The normalized spacial score (nSPS) is 13.4. The van der Waals surface area contributed by atoms with Crippen molar-refractivity contribution in [1.29, 1.82) is 0 Å². The minimum Gasteiger partial charge on any atom is -0.497 e. The molecule has 0 spiro atoms. The van der Waals surface area contributed by atoms with E-state index in [1.165, 1.54) is 0 Å². The largest absolute Gasteiger partial charge is 0.497 e. The average Bonchev–Trinajstić information content (AvgIpc) is 2.62. The molecule has 1 N–H and O–H groups in total. The first kappa shape index (κ1) is 19.0. The van der Waals surface area contributed by atoms with E-state index < -0.39 is 11.4 Å². The van der Waals surface area contributed by atoms with Crippen LogP contribution >= 0.6 is 0 Å². The van der Waals surface area contributed by atoms with Gasteiger partial charge in [0, 0.05) is 0 Å². The Morgan fingerprint density at radius 2 is 1.80 bits per heavy atom. The number of rotatable bonds is 9. The molecule has 0 amide bonds. The molecule has 25 heavy (non-hydrogen) atoms. The molecule has 1 atom stereocenters. The van der Waals surface area contributed by atoms with E-state index >= 15 is 0 Å². The van der Waals surface area contributed by atoms with E-state index in [9.17, 15) is 9.90 Å². The highest BCUT2D eigenvalue weighted by Crippen LogP contribution is 2.35. The second-order valence-electron chi connectivity index (χ2n) is 6.66. The first-order valence-corrected chi connectivity index (χ1v) is 8.54. The maximum absolute atomic E-state index is 12.4. The van der Waals surface area contributed by atoms with Crippen molar-refractivity contribution in [2.45, 2.75) is 24.7 Å². The number of nitrogens with zero attached hydrogens (tertiary/aromatic N) is 1. The Hall–Kier alpha value is -2.33. The third-order valence-electron chi connectivity index (χ3n) is 4.70. The van der Waals surface area contributed by atoms with Gasteiger partial charge in [-0.15, -0.1) is 0 Å². The van der Waals surface area contributed by atoms with Crippen LogP contribution in [0.15, 0.2) is 54.6 Å². The highest BCUT2D eigenvalue weighted by Gasteiger charge is 2.40. The van der Waals surface area contributed by atoms with Gasteiger partial charge in [-0.05, 0) is 63.2 Å². The number of hydrogen-bond donors (Lipinski definition) is 1. The quantitative estimate of drug-likeness (QED) is 0.757. The smallest absolute Gasteiger partial charge is 0.314 e. The summed E-state index contributed by atoms with van der Waals surface area (Å²) < 4.78 is 5.31. The molecule has 4 nitrogen and oxygen atoms in total. The van der Waals surface area contributed by atoms with Gasteiger partial charge in [0.2, 0.25) is 0 Å². The number of aliphatic carboxylic acids is 1. The fraction of sp³-hybridized carbons (Fsp3) is 0.381. The van der Waals surface area contributed by atoms with E-state index in [1.807, 2.05) is 73.6 Å². The number of carboxylic acid groups (broad SMARTS) is 1. The molecular weight excluding hydrogens is 314 g/mol. The molecule has 2 aromatic rings. The van der Waals surface area contributed by atoms with Crippen LogP contribution in [0.5, 0.6) is 5.75 Å². The minimum atomic E-state index is -0.936. The summed E-state index contributed by atoms with van der Waals surface area (Å²) in [5.74, 6) is -0.0915. The average molecular weight is 341 g/mol. The Bertz CT molecular complexity index is 685. The predicted molar refractivity (Wildman–Crippen MR) is 100 cm³/mol. The number of carboxylic acids is 1. The lowest BCUT2D eigenvalue weighted by Crippen LogP contribution is -2.39. The molecule has 0 saturated carbocycles. The van der Waals surface area contributed by atoms with Crippen LogP contribution in [0.2, 0.25) is 0 Å². The monoisotopic (exact) mass is 341 g/mol. The van der Waals surface area contributed by atoms with Gasteiger partial charge in [-0.2, -0.15) is 0 Å². The van der Waals surface area contributed by atoms with Gasteiger partial charge in [-0.25, -0.2) is 0 Å². The van der Waals surface area contributed by atoms with Gasteiger partial charge in [0.15, 0.2) is 0 Å². The number of aryl methyl sites for hydroxylation is 1. The van der Waals surface area contributed by atoms with Gasteiger partial charge in [0.05, 0.1) is 12.5 Å². The van der Waals surface area contributed by atoms with E-state index in [-0.39, 0.29) is 0 Å². The molecule has 0 heterocycles. The summed E-state index contributed by atoms with van der Waals surface area (Å²) >= 11 is 0. The zero-order valence-corrected chi connectivity index (χ0v) is 15.2. The van der Waals surface area contributed by atoms with E-state index in [2.05, 4.69) is 0 Å². The molecule has 0 radical (unpaired) electrons. The van der Waals surface area contributed by atoms with Crippen LogP contribution in [0.1, 0.15) is 24.0 Å². The first-order valence-electron chi connectivity index (χ1n) is 8.54. The lowest BCUT2D eigenvalue weighted by Gasteiger charge is -2.31. The highest BCUT2D eigenvalue weighted by atomic mass is 16.5. The fourth-order valence-corrected chi connectivity index (χ4v) is 3.09. The van der Waals surface area contributed by atoms with Crippen molar-refractivity contribution in [3.05, 3.63) is 65.7 Å². The van der Waals surface area contributed by atoms with E-state index in [1.54, 1.807) is 7.11 Å². The summed E-state index contributed by atoms with van der Waals surface area (Å²) in [6.07, 6.45) is 1.82. The molecule has 0 saturated heterocycles. The van der Waals surface area contributed by atoms with Crippen molar-refractivity contribution < 1.29 is 14.6 Å². The van der Waals surface area contributed by atoms with Crippen LogP contribution in [0.4, 0.5) is 0 Å². The molecule has 0 aliphatic heterocycles. The molecule has 0 aromatic heterocycles. The molecule has 0 aliphatic carbocycles. The predicted octanol–water partition coefficient (Wildman–Crippen LogP) is 3.60. The molecule has 134 valence electrons. The SMILES string of the molecule is COc1cccc(C(CCc2ccccc2)(CCN(C)C)C(=O)O)c1. The van der Waals surface area contributed by atoms with Crippen molar-refractivity contribution in [3.63, 3.8) is 0 Å². The summed E-state index contributed by atoms with van der Waals surface area (Å²) in [5, 5.41) is 10.2. The van der Waals surface area contributed by atoms with Crippen LogP contribution in [-0.4, -0.2) is 43.7 Å². The Balaban J connectivity index is 2.38. The molecular formula is C21H27NO3. The maximum Gasteiger partial charge on any atom is 0.314 e. The van der Waals surface area contributed by atoms with Crippen molar-refractivity contribution in [2.24, 2.45) is 0 Å². The topological polar surface area (TPSA) is 49.8 Å². The number of benzene rings is 2. The molecule has 0 fully saturated rings. The van der Waals surface area contributed by atoms with Gasteiger partial charge < -0.3 is 14.7 Å². The van der Waals surface area contributed by atoms with Gasteiger partial charge in [-0.1, -0.05) is 42.5 Å². The fourth-order valence-electron chi connectivity index (χ4n) is 3.09. The zero-order valence-electron chi connectivity index (χ0n) is 15.2. The molecule has 0 bridgehead atoms. The number of hydrogen-bond acceptors (Lipinski definition) is 3. The van der Waals surface area contributed by atoms with Gasteiger partial charge in [-0.3, -0.25) is 4.79 Å². The van der Waals surface area contributed by atoms with E-state index in [0.717, 1.165) is 17.5 Å². The van der Waals surface area contributed by atoms with E-state index in [4.69, 9.17) is 4.74 Å². The molecule has 4 heteroatoms. The molecule has 2 rings (SSSR count). The lowest BCUT2D eigenvalue weighted by molar-refractivity contribution is -0.144. The minimum absolute atomic E-state index is 0.549. The third-order valence-corrected chi connectivity index (χ3v) is 4.70. The van der Waals surface area contributed by atoms with Gasteiger partial charge >= 0.3 is 5.97 Å². The Morgan fingerprint density at radius 3 is 2.40 bits per heavy atom. The second kappa shape index (κ2) is 8.67. The van der Waals surface area contributed by atoms with Crippen molar-refractivity contribution in [2.75, 3.05) is 27.7 Å². The van der Waals surface area contributed by atoms with Crippen LogP contribution in [0.25, 0.3) is 0 Å². The lowest BCUT2D eigenvalue weighted by atomic mass is 9.73. The summed E-state index contributed by atoms with van der Waals surface area (Å²) in [5.41, 5.74) is 1.02. The second-order valence-corrected chi connectivity index (χ2v) is 6.66. The first-order chi connectivity index (χ1) is 12.0. The van der Waals surface area contributed by atoms with Crippen molar-refractivity contribution in [1.82, 2.24) is 4.90 Å². The van der Waals surface area contributed by atoms with Crippen LogP contribution in [0, 0.1) is 0 Å². The van der Waals surface area contributed by atoms with Crippen LogP contribution in [-0.2, 0) is 16.6 Å². The van der Waals surface area contributed by atoms with Crippen LogP contribution in [0.3, 0.4) is 0 Å². The molecule has 1 unspecified atom stereocenters. The summed E-state index contributed by atoms with van der Waals surface area (Å²) in [6.45, 7) is 0.707. The Labute approximate surface area is 150 Å². The standard InChI is InChI=1S/C21H27NO3/c1-22(2)15-14-21(20(23)24,13-12-17-8-5-4-6-9-17)18-10-7-11-19(16-18)25-3/h4-11,16H,12-15H2,1-3H3,(H,23,24). The Morgan fingerprint density at radius 1 is 1.08 bits per heavy atom. The van der Waals surface area contributed by atoms with Crippen LogP contribution < -0.4 is 4.74 Å². The Kier molecular flexibility index (Phi) is 6.59. The zero-order chi connectivity index (χ0) is 18.3. The number of methoxy groups -OCH3 is 1. The summed E-state index contributed by atoms with van der Waals surface area (Å²) in [7, 11) is 5.54. The van der Waals surface area contributed by atoms with Gasteiger partial charge in [0.25, 0.3) is 0 Å². The summed E-state index contributed by atoms with van der Waals surface area (Å²) in [4.78, 5) is 14.4. The molecule has 2 aromatic carbocycles. The maximum atomic E-state index is 12.4.